The fourth-order valence-corrected chi connectivity index (χ4v) is 1.07. The molecule has 1 atom stereocenters. The molecule has 0 aromatic heterocycles. The summed E-state index contributed by atoms with van der Waals surface area (Å²) >= 11 is 0. The van der Waals surface area contributed by atoms with E-state index in [4.69, 9.17) is 5.73 Å². The zero-order chi connectivity index (χ0) is 8.16. The van der Waals surface area contributed by atoms with E-state index >= 15 is 0 Å². The van der Waals surface area contributed by atoms with Crippen LogP contribution in [0.1, 0.15) is 19.8 Å². The lowest BCUT2D eigenvalue weighted by Crippen LogP contribution is -2.37. The SMILES string of the molecule is CC#CCC1(N)C=CC=CC1. The Morgan fingerprint density at radius 1 is 1.55 bits per heavy atom. The molecule has 0 aromatic rings. The maximum absolute atomic E-state index is 6.00. The first-order valence-corrected chi connectivity index (χ1v) is 3.80. The minimum Gasteiger partial charge on any atom is -0.321 e. The van der Waals surface area contributed by atoms with Crippen LogP contribution in [0.25, 0.3) is 0 Å². The highest BCUT2D eigenvalue weighted by Gasteiger charge is 2.19. The fourth-order valence-electron chi connectivity index (χ4n) is 1.07. The van der Waals surface area contributed by atoms with Gasteiger partial charge in [-0.2, -0.15) is 0 Å². The third-order valence-corrected chi connectivity index (χ3v) is 1.77. The Kier molecular flexibility index (Phi) is 2.51. The monoisotopic (exact) mass is 147 g/mol. The van der Waals surface area contributed by atoms with Crippen molar-refractivity contribution < 1.29 is 0 Å². The van der Waals surface area contributed by atoms with Crippen molar-refractivity contribution in [3.05, 3.63) is 24.3 Å². The van der Waals surface area contributed by atoms with Gasteiger partial charge in [0.05, 0.1) is 0 Å². The van der Waals surface area contributed by atoms with Gasteiger partial charge in [-0.3, -0.25) is 0 Å². The molecule has 0 spiro atoms. The average Bonchev–Trinajstić information content (AvgIpc) is 2.03. The van der Waals surface area contributed by atoms with E-state index in [-0.39, 0.29) is 5.54 Å². The minimum atomic E-state index is -0.211. The second-order valence-corrected chi connectivity index (χ2v) is 2.83. The van der Waals surface area contributed by atoms with Crippen LogP contribution in [0.4, 0.5) is 0 Å². The summed E-state index contributed by atoms with van der Waals surface area (Å²) in [5.41, 5.74) is 5.79. The predicted molar refractivity (Wildman–Crippen MR) is 47.9 cm³/mol. The van der Waals surface area contributed by atoms with Crippen LogP contribution >= 0.6 is 0 Å². The molecule has 0 saturated carbocycles. The molecule has 11 heavy (non-hydrogen) atoms. The minimum absolute atomic E-state index is 0.211. The summed E-state index contributed by atoms with van der Waals surface area (Å²) in [6.45, 7) is 1.84. The molecule has 0 radical (unpaired) electrons. The molecule has 2 N–H and O–H groups in total. The summed E-state index contributed by atoms with van der Waals surface area (Å²) in [5, 5.41) is 0. The molecular formula is C10H13N. The first-order chi connectivity index (χ1) is 5.27. The molecule has 0 amide bonds. The third kappa shape index (κ3) is 2.25. The highest BCUT2D eigenvalue weighted by atomic mass is 14.7. The Morgan fingerprint density at radius 3 is 2.91 bits per heavy atom. The van der Waals surface area contributed by atoms with Crippen LogP contribution in [-0.2, 0) is 0 Å². The van der Waals surface area contributed by atoms with Gasteiger partial charge in [-0.15, -0.1) is 11.8 Å². The third-order valence-electron chi connectivity index (χ3n) is 1.77. The Bertz CT molecular complexity index is 239. The van der Waals surface area contributed by atoms with Crippen molar-refractivity contribution in [3.63, 3.8) is 0 Å². The average molecular weight is 147 g/mol. The number of allylic oxidation sites excluding steroid dienone is 2. The summed E-state index contributed by atoms with van der Waals surface area (Å²) < 4.78 is 0. The molecular weight excluding hydrogens is 134 g/mol. The summed E-state index contributed by atoms with van der Waals surface area (Å²) in [6, 6.07) is 0. The highest BCUT2D eigenvalue weighted by Crippen LogP contribution is 2.17. The molecule has 1 aliphatic carbocycles. The van der Waals surface area contributed by atoms with Crippen molar-refractivity contribution in [2.75, 3.05) is 0 Å². The van der Waals surface area contributed by atoms with Crippen molar-refractivity contribution in [2.45, 2.75) is 25.3 Å². The van der Waals surface area contributed by atoms with E-state index in [2.05, 4.69) is 17.9 Å². The van der Waals surface area contributed by atoms with Gasteiger partial charge in [-0.1, -0.05) is 24.3 Å². The summed E-state index contributed by atoms with van der Waals surface area (Å²) in [7, 11) is 0. The molecule has 0 heterocycles. The smallest absolute Gasteiger partial charge is 0.0488 e. The van der Waals surface area contributed by atoms with Crippen molar-refractivity contribution in [1.82, 2.24) is 0 Å². The topological polar surface area (TPSA) is 26.0 Å². The summed E-state index contributed by atoms with van der Waals surface area (Å²) in [6.07, 6.45) is 9.77. The Balaban J connectivity index is 2.58. The van der Waals surface area contributed by atoms with Crippen LogP contribution in [-0.4, -0.2) is 5.54 Å². The van der Waals surface area contributed by atoms with Gasteiger partial charge in [0, 0.05) is 12.0 Å². The molecule has 1 unspecified atom stereocenters. The van der Waals surface area contributed by atoms with Crippen molar-refractivity contribution >= 4 is 0 Å². The quantitative estimate of drug-likeness (QED) is 0.560. The van der Waals surface area contributed by atoms with Crippen molar-refractivity contribution in [3.8, 4) is 11.8 Å². The molecule has 0 aromatic carbocycles. The van der Waals surface area contributed by atoms with Crippen LogP contribution in [0.2, 0.25) is 0 Å². The van der Waals surface area contributed by atoms with Gasteiger partial charge in [-0.25, -0.2) is 0 Å². The number of hydrogen-bond acceptors (Lipinski definition) is 1. The van der Waals surface area contributed by atoms with E-state index in [1.165, 1.54) is 0 Å². The molecule has 1 rings (SSSR count). The first-order valence-electron chi connectivity index (χ1n) is 3.80. The normalized spacial score (nSPS) is 27.8. The molecule has 0 bridgehead atoms. The Hall–Kier alpha value is -1.00. The first kappa shape index (κ1) is 8.10. The summed E-state index contributed by atoms with van der Waals surface area (Å²) in [4.78, 5) is 0. The van der Waals surface area contributed by atoms with Crippen molar-refractivity contribution in [1.29, 1.82) is 0 Å². The van der Waals surface area contributed by atoms with Crippen molar-refractivity contribution in [2.24, 2.45) is 5.73 Å². The molecule has 58 valence electrons. The van der Waals surface area contributed by atoms with E-state index in [0.717, 1.165) is 12.8 Å². The lowest BCUT2D eigenvalue weighted by Gasteiger charge is -2.23. The lowest BCUT2D eigenvalue weighted by atomic mass is 9.89. The number of nitrogens with two attached hydrogens (primary N) is 1. The van der Waals surface area contributed by atoms with E-state index in [0.29, 0.717) is 0 Å². The van der Waals surface area contributed by atoms with Gasteiger partial charge in [-0.05, 0) is 13.3 Å². The second kappa shape index (κ2) is 3.41. The second-order valence-electron chi connectivity index (χ2n) is 2.83. The maximum atomic E-state index is 6.00. The summed E-state index contributed by atoms with van der Waals surface area (Å²) in [5.74, 6) is 5.85. The Morgan fingerprint density at radius 2 is 2.36 bits per heavy atom. The predicted octanol–water partition coefficient (Wildman–Crippen LogP) is 1.61. The van der Waals surface area contributed by atoms with Gasteiger partial charge in [0.2, 0.25) is 0 Å². The van der Waals surface area contributed by atoms with Crippen LogP contribution in [0.3, 0.4) is 0 Å². The van der Waals surface area contributed by atoms with E-state index in [1.807, 2.05) is 25.2 Å². The fraction of sp³-hybridized carbons (Fsp3) is 0.400. The molecule has 0 aliphatic heterocycles. The van der Waals surface area contributed by atoms with Gasteiger partial charge in [0.15, 0.2) is 0 Å². The van der Waals surface area contributed by atoms with Crippen LogP contribution in [0.5, 0.6) is 0 Å². The molecule has 1 nitrogen and oxygen atoms in total. The van der Waals surface area contributed by atoms with Crippen LogP contribution in [0.15, 0.2) is 24.3 Å². The standard InChI is InChI=1S/C10H13N/c1-2-3-7-10(11)8-5-4-6-9-10/h4-6,8H,7,9,11H2,1H3. The van der Waals surface area contributed by atoms with Gasteiger partial charge >= 0.3 is 0 Å². The van der Waals surface area contributed by atoms with Crippen LogP contribution in [0, 0.1) is 11.8 Å². The highest BCUT2D eigenvalue weighted by molar-refractivity contribution is 5.22. The number of hydrogen-bond donors (Lipinski definition) is 1. The van der Waals surface area contributed by atoms with E-state index < -0.39 is 0 Å². The maximum Gasteiger partial charge on any atom is 0.0488 e. The zero-order valence-electron chi connectivity index (χ0n) is 6.80. The molecule has 1 heteroatoms. The van der Waals surface area contributed by atoms with Gasteiger partial charge in [0.25, 0.3) is 0 Å². The molecule has 1 aliphatic rings. The van der Waals surface area contributed by atoms with Gasteiger partial charge in [0.1, 0.15) is 0 Å². The van der Waals surface area contributed by atoms with E-state index in [9.17, 15) is 0 Å². The van der Waals surface area contributed by atoms with E-state index in [1.54, 1.807) is 0 Å². The molecule has 0 saturated heterocycles. The van der Waals surface area contributed by atoms with Crippen LogP contribution < -0.4 is 5.73 Å². The number of rotatable bonds is 1. The molecule has 0 fully saturated rings. The zero-order valence-corrected chi connectivity index (χ0v) is 6.80. The van der Waals surface area contributed by atoms with Gasteiger partial charge < -0.3 is 5.73 Å². The lowest BCUT2D eigenvalue weighted by molar-refractivity contribution is 0.547. The largest absolute Gasteiger partial charge is 0.321 e. The Labute approximate surface area is 68.0 Å².